The molecule has 0 bridgehead atoms. The lowest BCUT2D eigenvalue weighted by atomic mass is 10.1. The second-order valence-electron chi connectivity index (χ2n) is 6.65. The van der Waals surface area contributed by atoms with Crippen LogP contribution in [0.15, 0.2) is 12.4 Å². The van der Waals surface area contributed by atoms with Crippen LogP contribution in [0.2, 0.25) is 0 Å². The Morgan fingerprint density at radius 2 is 2.19 bits per heavy atom. The first-order valence-electron chi connectivity index (χ1n) is 7.34. The van der Waals surface area contributed by atoms with E-state index in [4.69, 9.17) is 0 Å². The molecule has 2 amide bonds. The van der Waals surface area contributed by atoms with Gasteiger partial charge in [-0.3, -0.25) is 14.3 Å². The maximum Gasteiger partial charge on any atom is 0.225 e. The minimum atomic E-state index is -0.240. The highest BCUT2D eigenvalue weighted by molar-refractivity contribution is 5.89. The SMILES string of the molecule is Cc1cnn(CCNC(=O)[C@H]2CC(=O)N(C(C)(C)C)C2)c1. The molecule has 6 nitrogen and oxygen atoms in total. The molecule has 1 saturated heterocycles. The van der Waals surface area contributed by atoms with Crippen LogP contribution in [0.3, 0.4) is 0 Å². The molecule has 1 aromatic rings. The number of likely N-dealkylation sites (tertiary alicyclic amines) is 1. The molecule has 0 aliphatic carbocycles. The average molecular weight is 292 g/mol. The van der Waals surface area contributed by atoms with E-state index in [0.717, 1.165) is 5.56 Å². The van der Waals surface area contributed by atoms with Gasteiger partial charge in [-0.05, 0) is 33.3 Å². The average Bonchev–Trinajstić information content (AvgIpc) is 2.95. The summed E-state index contributed by atoms with van der Waals surface area (Å²) in [7, 11) is 0. The molecule has 1 fully saturated rings. The Labute approximate surface area is 125 Å². The third-order valence-electron chi connectivity index (χ3n) is 3.71. The van der Waals surface area contributed by atoms with E-state index >= 15 is 0 Å². The molecule has 1 aliphatic heterocycles. The number of rotatable bonds is 4. The van der Waals surface area contributed by atoms with E-state index in [1.165, 1.54) is 0 Å². The van der Waals surface area contributed by atoms with Crippen molar-refractivity contribution in [1.29, 1.82) is 0 Å². The van der Waals surface area contributed by atoms with Gasteiger partial charge < -0.3 is 10.2 Å². The molecule has 0 aromatic carbocycles. The molecule has 0 saturated carbocycles. The van der Waals surface area contributed by atoms with Crippen LogP contribution in [0, 0.1) is 12.8 Å². The predicted molar refractivity (Wildman–Crippen MR) is 79.5 cm³/mol. The van der Waals surface area contributed by atoms with E-state index in [9.17, 15) is 9.59 Å². The summed E-state index contributed by atoms with van der Waals surface area (Å²) >= 11 is 0. The number of amides is 2. The van der Waals surface area contributed by atoms with Gasteiger partial charge in [-0.2, -0.15) is 5.10 Å². The fraction of sp³-hybridized carbons (Fsp3) is 0.667. The fourth-order valence-electron chi connectivity index (χ4n) is 2.56. The molecule has 1 aliphatic rings. The second kappa shape index (κ2) is 5.87. The van der Waals surface area contributed by atoms with Crippen LogP contribution in [-0.2, 0) is 16.1 Å². The van der Waals surface area contributed by atoms with Crippen molar-refractivity contribution in [3.63, 3.8) is 0 Å². The minimum Gasteiger partial charge on any atom is -0.354 e. The first kappa shape index (κ1) is 15.5. The normalized spacial score (nSPS) is 19.1. The van der Waals surface area contributed by atoms with Crippen molar-refractivity contribution >= 4 is 11.8 Å². The highest BCUT2D eigenvalue weighted by atomic mass is 16.2. The van der Waals surface area contributed by atoms with Crippen LogP contribution in [-0.4, -0.2) is 45.1 Å². The third kappa shape index (κ3) is 3.83. The first-order chi connectivity index (χ1) is 9.77. The third-order valence-corrected chi connectivity index (χ3v) is 3.71. The summed E-state index contributed by atoms with van der Waals surface area (Å²) in [6, 6.07) is 0. The zero-order valence-electron chi connectivity index (χ0n) is 13.2. The lowest BCUT2D eigenvalue weighted by Crippen LogP contribution is -2.43. The molecule has 0 radical (unpaired) electrons. The molecule has 0 unspecified atom stereocenters. The van der Waals surface area contributed by atoms with Crippen LogP contribution >= 0.6 is 0 Å². The molecule has 6 heteroatoms. The summed E-state index contributed by atoms with van der Waals surface area (Å²) in [6.07, 6.45) is 4.04. The first-order valence-corrected chi connectivity index (χ1v) is 7.34. The van der Waals surface area contributed by atoms with E-state index in [2.05, 4.69) is 10.4 Å². The summed E-state index contributed by atoms with van der Waals surface area (Å²) in [5, 5.41) is 7.07. The highest BCUT2D eigenvalue weighted by Crippen LogP contribution is 2.25. The monoisotopic (exact) mass is 292 g/mol. The van der Waals surface area contributed by atoms with Gasteiger partial charge in [0.05, 0.1) is 18.7 Å². The van der Waals surface area contributed by atoms with E-state index in [1.807, 2.05) is 33.9 Å². The Kier molecular flexibility index (Phi) is 4.34. The Morgan fingerprint density at radius 1 is 1.48 bits per heavy atom. The lowest BCUT2D eigenvalue weighted by molar-refractivity contribution is -0.132. The summed E-state index contributed by atoms with van der Waals surface area (Å²) < 4.78 is 1.80. The van der Waals surface area contributed by atoms with Crippen LogP contribution in [0.1, 0.15) is 32.8 Å². The van der Waals surface area contributed by atoms with Crippen molar-refractivity contribution in [3.8, 4) is 0 Å². The molecular weight excluding hydrogens is 268 g/mol. The van der Waals surface area contributed by atoms with Crippen molar-refractivity contribution in [2.24, 2.45) is 5.92 Å². The van der Waals surface area contributed by atoms with Crippen molar-refractivity contribution in [2.75, 3.05) is 13.1 Å². The number of nitrogens with zero attached hydrogens (tertiary/aromatic N) is 3. The van der Waals surface area contributed by atoms with E-state index in [-0.39, 0.29) is 23.3 Å². The number of carbonyl (C=O) groups excluding carboxylic acids is 2. The summed E-state index contributed by atoms with van der Waals surface area (Å²) in [6.45, 7) is 9.63. The fourth-order valence-corrected chi connectivity index (χ4v) is 2.56. The number of carbonyl (C=O) groups is 2. The number of aryl methyl sites for hydroxylation is 1. The topological polar surface area (TPSA) is 67.2 Å². The smallest absolute Gasteiger partial charge is 0.225 e. The number of aromatic nitrogens is 2. The van der Waals surface area contributed by atoms with Crippen molar-refractivity contribution in [1.82, 2.24) is 20.0 Å². The van der Waals surface area contributed by atoms with Gasteiger partial charge in [0.25, 0.3) is 0 Å². The zero-order chi connectivity index (χ0) is 15.6. The summed E-state index contributed by atoms with van der Waals surface area (Å²) in [5.41, 5.74) is 0.877. The molecule has 1 N–H and O–H groups in total. The Hall–Kier alpha value is -1.85. The largest absolute Gasteiger partial charge is 0.354 e. The minimum absolute atomic E-state index is 0.0426. The van der Waals surface area contributed by atoms with Gasteiger partial charge >= 0.3 is 0 Å². The van der Waals surface area contributed by atoms with Gasteiger partial charge in [0.1, 0.15) is 0 Å². The summed E-state index contributed by atoms with van der Waals surface area (Å²) in [5.74, 6) is -0.222. The van der Waals surface area contributed by atoms with E-state index in [0.29, 0.717) is 26.1 Å². The number of hydrogen-bond donors (Lipinski definition) is 1. The van der Waals surface area contributed by atoms with Crippen molar-refractivity contribution in [2.45, 2.75) is 46.2 Å². The highest BCUT2D eigenvalue weighted by Gasteiger charge is 2.39. The molecule has 0 spiro atoms. The van der Waals surface area contributed by atoms with E-state index in [1.54, 1.807) is 15.8 Å². The van der Waals surface area contributed by atoms with E-state index < -0.39 is 0 Å². The number of hydrogen-bond acceptors (Lipinski definition) is 3. The van der Waals surface area contributed by atoms with Gasteiger partial charge in [-0.15, -0.1) is 0 Å². The standard InChI is InChI=1S/C15H24N4O2/c1-11-8-17-18(9-11)6-5-16-14(21)12-7-13(20)19(10-12)15(2,3)4/h8-9,12H,5-7,10H2,1-4H3,(H,16,21)/t12-/m0/s1. The van der Waals surface area contributed by atoms with Gasteiger partial charge in [-0.25, -0.2) is 0 Å². The van der Waals surface area contributed by atoms with Crippen LogP contribution in [0.5, 0.6) is 0 Å². The van der Waals surface area contributed by atoms with Gasteiger partial charge in [0, 0.05) is 31.2 Å². The predicted octanol–water partition coefficient (Wildman–Crippen LogP) is 0.955. The number of nitrogens with one attached hydrogen (secondary N) is 1. The van der Waals surface area contributed by atoms with Gasteiger partial charge in [0.15, 0.2) is 0 Å². The molecular formula is C15H24N4O2. The van der Waals surface area contributed by atoms with Crippen LogP contribution in [0.4, 0.5) is 0 Å². The molecule has 21 heavy (non-hydrogen) atoms. The molecule has 116 valence electrons. The molecule has 1 aromatic heterocycles. The van der Waals surface area contributed by atoms with Gasteiger partial charge in [-0.1, -0.05) is 0 Å². The Bertz CT molecular complexity index is 530. The molecule has 1 atom stereocenters. The second-order valence-corrected chi connectivity index (χ2v) is 6.65. The Morgan fingerprint density at radius 3 is 2.71 bits per heavy atom. The maximum absolute atomic E-state index is 12.1. The molecule has 2 rings (SSSR count). The molecule has 2 heterocycles. The Balaban J connectivity index is 1.80. The quantitative estimate of drug-likeness (QED) is 0.898. The van der Waals surface area contributed by atoms with Crippen LogP contribution < -0.4 is 5.32 Å². The zero-order valence-corrected chi connectivity index (χ0v) is 13.2. The van der Waals surface area contributed by atoms with Crippen LogP contribution in [0.25, 0.3) is 0 Å². The lowest BCUT2D eigenvalue weighted by Gasteiger charge is -2.31. The maximum atomic E-state index is 12.1. The summed E-state index contributed by atoms with van der Waals surface area (Å²) in [4.78, 5) is 25.9. The van der Waals surface area contributed by atoms with Crippen molar-refractivity contribution in [3.05, 3.63) is 18.0 Å². The van der Waals surface area contributed by atoms with Gasteiger partial charge in [0.2, 0.25) is 11.8 Å². The van der Waals surface area contributed by atoms with Crippen molar-refractivity contribution < 1.29 is 9.59 Å².